The number of nitrogens with one attached hydrogen (secondary N) is 1. The summed E-state index contributed by atoms with van der Waals surface area (Å²) in [6, 6.07) is 3.02. The van der Waals surface area contributed by atoms with Gasteiger partial charge >= 0.3 is 0 Å². The molecule has 1 fully saturated rings. The molecule has 106 valence electrons. The van der Waals surface area contributed by atoms with Crippen LogP contribution < -0.4 is 10.2 Å². The highest BCUT2D eigenvalue weighted by molar-refractivity contribution is 5.33. The van der Waals surface area contributed by atoms with Crippen molar-refractivity contribution < 1.29 is 0 Å². The second kappa shape index (κ2) is 6.33. The first-order valence-corrected chi connectivity index (χ1v) is 7.38. The Morgan fingerprint density at radius 3 is 2.47 bits per heavy atom. The molecular formula is C15H26N4. The average Bonchev–Trinajstić information content (AvgIpc) is 2.35. The summed E-state index contributed by atoms with van der Waals surface area (Å²) in [5.41, 5.74) is 2.09. The summed E-state index contributed by atoms with van der Waals surface area (Å²) >= 11 is 0. The molecule has 0 saturated carbocycles. The predicted octanol–water partition coefficient (Wildman–Crippen LogP) is 2.45. The SMILES string of the molecule is Cc1cc(C)nc(N(CC2CCCCN2)C(C)C)n1. The van der Waals surface area contributed by atoms with E-state index in [0.717, 1.165) is 30.4 Å². The van der Waals surface area contributed by atoms with Crippen molar-refractivity contribution in [3.05, 3.63) is 17.5 Å². The maximum Gasteiger partial charge on any atom is 0.226 e. The van der Waals surface area contributed by atoms with Gasteiger partial charge in [0.1, 0.15) is 0 Å². The number of anilines is 1. The highest BCUT2D eigenvalue weighted by atomic mass is 15.3. The minimum atomic E-state index is 0.421. The molecule has 1 unspecified atom stereocenters. The molecule has 0 radical (unpaired) electrons. The number of rotatable bonds is 4. The fourth-order valence-corrected chi connectivity index (χ4v) is 2.68. The van der Waals surface area contributed by atoms with Crippen LogP contribution in [-0.4, -0.2) is 35.1 Å². The summed E-state index contributed by atoms with van der Waals surface area (Å²) in [4.78, 5) is 11.5. The summed E-state index contributed by atoms with van der Waals surface area (Å²) in [6.07, 6.45) is 3.89. The third-order valence-corrected chi connectivity index (χ3v) is 3.68. The molecule has 19 heavy (non-hydrogen) atoms. The van der Waals surface area contributed by atoms with Crippen LogP contribution in [0.5, 0.6) is 0 Å². The minimum Gasteiger partial charge on any atom is -0.337 e. The van der Waals surface area contributed by atoms with Gasteiger partial charge in [0.25, 0.3) is 0 Å². The summed E-state index contributed by atoms with van der Waals surface area (Å²) in [5, 5.41) is 3.61. The fraction of sp³-hybridized carbons (Fsp3) is 0.733. The number of aromatic nitrogens is 2. The van der Waals surface area contributed by atoms with Crippen molar-refractivity contribution in [3.63, 3.8) is 0 Å². The van der Waals surface area contributed by atoms with Crippen LogP contribution >= 0.6 is 0 Å². The molecule has 1 aromatic rings. The number of piperidine rings is 1. The van der Waals surface area contributed by atoms with Gasteiger partial charge in [0, 0.05) is 30.0 Å². The first-order valence-electron chi connectivity index (χ1n) is 7.38. The first-order chi connectivity index (χ1) is 9.06. The van der Waals surface area contributed by atoms with Crippen molar-refractivity contribution >= 4 is 5.95 Å². The minimum absolute atomic E-state index is 0.421. The summed E-state index contributed by atoms with van der Waals surface area (Å²) in [6.45, 7) is 10.6. The lowest BCUT2D eigenvalue weighted by Gasteiger charge is -2.33. The van der Waals surface area contributed by atoms with E-state index in [1.807, 2.05) is 19.9 Å². The average molecular weight is 262 g/mol. The molecule has 0 aliphatic carbocycles. The van der Waals surface area contributed by atoms with E-state index in [0.29, 0.717) is 12.1 Å². The van der Waals surface area contributed by atoms with Crippen LogP contribution in [0.1, 0.15) is 44.5 Å². The van der Waals surface area contributed by atoms with Crippen LogP contribution in [0.15, 0.2) is 6.07 Å². The van der Waals surface area contributed by atoms with Crippen molar-refractivity contribution in [3.8, 4) is 0 Å². The van der Waals surface area contributed by atoms with Crippen molar-refractivity contribution in [1.29, 1.82) is 0 Å². The van der Waals surface area contributed by atoms with Crippen LogP contribution in [0.4, 0.5) is 5.95 Å². The van der Waals surface area contributed by atoms with Crippen LogP contribution in [0.25, 0.3) is 0 Å². The fourth-order valence-electron chi connectivity index (χ4n) is 2.68. The first kappa shape index (κ1) is 14.3. The Kier molecular flexibility index (Phi) is 4.75. The molecule has 1 aliphatic heterocycles. The summed E-state index contributed by atoms with van der Waals surface area (Å²) in [7, 11) is 0. The van der Waals surface area contributed by atoms with E-state index < -0.39 is 0 Å². The van der Waals surface area contributed by atoms with E-state index in [4.69, 9.17) is 0 Å². The van der Waals surface area contributed by atoms with E-state index in [1.54, 1.807) is 0 Å². The number of hydrogen-bond donors (Lipinski definition) is 1. The predicted molar refractivity (Wildman–Crippen MR) is 79.6 cm³/mol. The monoisotopic (exact) mass is 262 g/mol. The lowest BCUT2D eigenvalue weighted by atomic mass is 10.0. The van der Waals surface area contributed by atoms with E-state index >= 15 is 0 Å². The van der Waals surface area contributed by atoms with Gasteiger partial charge in [-0.1, -0.05) is 6.42 Å². The smallest absolute Gasteiger partial charge is 0.226 e. The lowest BCUT2D eigenvalue weighted by Crippen LogP contribution is -2.46. The van der Waals surface area contributed by atoms with Gasteiger partial charge in [0.05, 0.1) is 0 Å². The third kappa shape index (κ3) is 3.90. The van der Waals surface area contributed by atoms with Gasteiger partial charge in [0.2, 0.25) is 5.95 Å². The molecule has 0 spiro atoms. The second-order valence-electron chi connectivity index (χ2n) is 5.84. The van der Waals surface area contributed by atoms with Gasteiger partial charge in [-0.2, -0.15) is 0 Å². The van der Waals surface area contributed by atoms with Crippen molar-refractivity contribution in [2.24, 2.45) is 0 Å². The van der Waals surface area contributed by atoms with E-state index in [2.05, 4.69) is 34.0 Å². The molecule has 1 N–H and O–H groups in total. The van der Waals surface area contributed by atoms with Crippen molar-refractivity contribution in [2.75, 3.05) is 18.0 Å². The maximum absolute atomic E-state index is 4.61. The van der Waals surface area contributed by atoms with Crippen LogP contribution in [0.2, 0.25) is 0 Å². The van der Waals surface area contributed by atoms with Gasteiger partial charge in [-0.3, -0.25) is 0 Å². The number of nitrogens with zero attached hydrogens (tertiary/aromatic N) is 3. The molecular weight excluding hydrogens is 236 g/mol. The number of hydrogen-bond acceptors (Lipinski definition) is 4. The molecule has 4 heteroatoms. The summed E-state index contributed by atoms with van der Waals surface area (Å²) < 4.78 is 0. The Morgan fingerprint density at radius 1 is 1.26 bits per heavy atom. The molecule has 1 atom stereocenters. The molecule has 0 bridgehead atoms. The molecule has 1 aliphatic rings. The van der Waals surface area contributed by atoms with E-state index in [1.165, 1.54) is 19.3 Å². The molecule has 0 aromatic carbocycles. The topological polar surface area (TPSA) is 41.1 Å². The molecule has 1 saturated heterocycles. The molecule has 4 nitrogen and oxygen atoms in total. The largest absolute Gasteiger partial charge is 0.337 e. The maximum atomic E-state index is 4.61. The quantitative estimate of drug-likeness (QED) is 0.905. The Bertz CT molecular complexity index is 390. The van der Waals surface area contributed by atoms with Gasteiger partial charge in [0.15, 0.2) is 0 Å². The van der Waals surface area contributed by atoms with Crippen molar-refractivity contribution in [2.45, 2.75) is 59.0 Å². The van der Waals surface area contributed by atoms with Crippen LogP contribution in [-0.2, 0) is 0 Å². The zero-order valence-electron chi connectivity index (χ0n) is 12.6. The zero-order chi connectivity index (χ0) is 13.8. The Morgan fingerprint density at radius 2 is 1.95 bits per heavy atom. The Balaban J connectivity index is 2.14. The van der Waals surface area contributed by atoms with Gasteiger partial charge in [-0.05, 0) is 53.1 Å². The van der Waals surface area contributed by atoms with Crippen molar-refractivity contribution in [1.82, 2.24) is 15.3 Å². The molecule has 1 aromatic heterocycles. The number of aryl methyl sites for hydroxylation is 2. The van der Waals surface area contributed by atoms with Gasteiger partial charge in [-0.25, -0.2) is 9.97 Å². The molecule has 0 amide bonds. The standard InChI is InChI=1S/C15H26N4/c1-11(2)19(10-14-7-5-6-8-16-14)15-17-12(3)9-13(4)18-15/h9,11,14,16H,5-8,10H2,1-4H3. The Hall–Kier alpha value is -1.16. The third-order valence-electron chi connectivity index (χ3n) is 3.68. The molecule has 2 rings (SSSR count). The van der Waals surface area contributed by atoms with Gasteiger partial charge < -0.3 is 10.2 Å². The lowest BCUT2D eigenvalue weighted by molar-refractivity contribution is 0.391. The van der Waals surface area contributed by atoms with E-state index in [-0.39, 0.29) is 0 Å². The van der Waals surface area contributed by atoms with Crippen LogP contribution in [0.3, 0.4) is 0 Å². The summed E-state index contributed by atoms with van der Waals surface area (Å²) in [5.74, 6) is 0.875. The van der Waals surface area contributed by atoms with E-state index in [9.17, 15) is 0 Å². The van der Waals surface area contributed by atoms with Gasteiger partial charge in [-0.15, -0.1) is 0 Å². The highest BCUT2D eigenvalue weighted by Gasteiger charge is 2.20. The Labute approximate surface area is 116 Å². The highest BCUT2D eigenvalue weighted by Crippen LogP contribution is 2.16. The van der Waals surface area contributed by atoms with Crippen LogP contribution in [0, 0.1) is 13.8 Å². The second-order valence-corrected chi connectivity index (χ2v) is 5.84. The molecule has 2 heterocycles. The normalized spacial score (nSPS) is 19.7. The zero-order valence-corrected chi connectivity index (χ0v) is 12.6.